The molecule has 1 heterocycles. The lowest BCUT2D eigenvalue weighted by Gasteiger charge is -2.12. The quantitative estimate of drug-likeness (QED) is 0.605. The molecule has 0 spiro atoms. The van der Waals surface area contributed by atoms with Crippen molar-refractivity contribution in [1.82, 2.24) is 5.32 Å². The maximum Gasteiger partial charge on any atom is 0.0672 e. The lowest BCUT2D eigenvalue weighted by Crippen LogP contribution is -2.22. The van der Waals surface area contributed by atoms with Crippen LogP contribution in [0.15, 0.2) is 42.5 Å². The lowest BCUT2D eigenvalue weighted by molar-refractivity contribution is 0.156. The molecule has 1 atom stereocenters. The summed E-state index contributed by atoms with van der Waals surface area (Å²) in [6.45, 7) is 10.2. The van der Waals surface area contributed by atoms with Gasteiger partial charge in [0.25, 0.3) is 0 Å². The monoisotopic (exact) mass is 275 g/mol. The van der Waals surface area contributed by atoms with Crippen LogP contribution in [0, 0.1) is 0 Å². The SMILES string of the molecule is C=C(C)COCCNC(C)c1cc2ccccc2s1. The first kappa shape index (κ1) is 14.3. The van der Waals surface area contributed by atoms with Crippen molar-refractivity contribution in [3.05, 3.63) is 47.4 Å². The molecule has 1 N–H and O–H groups in total. The second kappa shape index (κ2) is 6.85. The van der Waals surface area contributed by atoms with Gasteiger partial charge in [0.2, 0.25) is 0 Å². The van der Waals surface area contributed by atoms with Crippen molar-refractivity contribution in [1.29, 1.82) is 0 Å². The maximum absolute atomic E-state index is 5.48. The Balaban J connectivity index is 1.82. The van der Waals surface area contributed by atoms with Crippen LogP contribution in [0.1, 0.15) is 24.8 Å². The summed E-state index contributed by atoms with van der Waals surface area (Å²) in [4.78, 5) is 1.38. The molecule has 1 unspecified atom stereocenters. The summed E-state index contributed by atoms with van der Waals surface area (Å²) >= 11 is 1.86. The highest BCUT2D eigenvalue weighted by atomic mass is 32.1. The van der Waals surface area contributed by atoms with Gasteiger partial charge in [0.05, 0.1) is 13.2 Å². The van der Waals surface area contributed by atoms with E-state index in [1.807, 2.05) is 18.3 Å². The smallest absolute Gasteiger partial charge is 0.0672 e. The van der Waals surface area contributed by atoms with Gasteiger partial charge >= 0.3 is 0 Å². The highest BCUT2D eigenvalue weighted by Crippen LogP contribution is 2.29. The average Bonchev–Trinajstić information content (AvgIpc) is 2.81. The van der Waals surface area contributed by atoms with E-state index >= 15 is 0 Å². The summed E-state index contributed by atoms with van der Waals surface area (Å²) in [7, 11) is 0. The van der Waals surface area contributed by atoms with Gasteiger partial charge in [-0.15, -0.1) is 11.3 Å². The van der Waals surface area contributed by atoms with E-state index < -0.39 is 0 Å². The Morgan fingerprint density at radius 3 is 2.95 bits per heavy atom. The Morgan fingerprint density at radius 1 is 1.42 bits per heavy atom. The molecule has 1 aromatic heterocycles. The van der Waals surface area contributed by atoms with Crippen LogP contribution in [-0.2, 0) is 4.74 Å². The standard InChI is InChI=1S/C16H21NOS/c1-12(2)11-18-9-8-17-13(3)16-10-14-6-4-5-7-15(14)19-16/h4-7,10,13,17H,1,8-9,11H2,2-3H3. The maximum atomic E-state index is 5.48. The van der Waals surface area contributed by atoms with E-state index in [1.165, 1.54) is 15.0 Å². The molecular weight excluding hydrogens is 254 g/mol. The zero-order chi connectivity index (χ0) is 13.7. The fourth-order valence-corrected chi connectivity index (χ4v) is 3.00. The highest BCUT2D eigenvalue weighted by Gasteiger charge is 2.08. The number of rotatable bonds is 7. The summed E-state index contributed by atoms with van der Waals surface area (Å²) in [6.07, 6.45) is 0. The molecule has 0 saturated carbocycles. The summed E-state index contributed by atoms with van der Waals surface area (Å²) in [6, 6.07) is 11.1. The number of ether oxygens (including phenoxy) is 1. The zero-order valence-corrected chi connectivity index (χ0v) is 12.4. The van der Waals surface area contributed by atoms with E-state index in [-0.39, 0.29) is 0 Å². The minimum absolute atomic E-state index is 0.367. The fourth-order valence-electron chi connectivity index (χ4n) is 1.91. The van der Waals surface area contributed by atoms with Crippen molar-refractivity contribution >= 4 is 21.4 Å². The molecule has 0 radical (unpaired) electrons. The molecule has 19 heavy (non-hydrogen) atoms. The highest BCUT2D eigenvalue weighted by molar-refractivity contribution is 7.19. The number of hydrogen-bond donors (Lipinski definition) is 1. The van der Waals surface area contributed by atoms with Crippen molar-refractivity contribution < 1.29 is 4.74 Å². The predicted molar refractivity (Wildman–Crippen MR) is 83.9 cm³/mol. The van der Waals surface area contributed by atoms with E-state index in [4.69, 9.17) is 4.74 Å². The van der Waals surface area contributed by atoms with Crippen LogP contribution in [0.3, 0.4) is 0 Å². The predicted octanol–water partition coefficient (Wildman–Crippen LogP) is 4.14. The van der Waals surface area contributed by atoms with Gasteiger partial charge in [0.1, 0.15) is 0 Å². The van der Waals surface area contributed by atoms with Crippen molar-refractivity contribution in [2.45, 2.75) is 19.9 Å². The number of benzene rings is 1. The van der Waals surface area contributed by atoms with Crippen molar-refractivity contribution in [2.24, 2.45) is 0 Å². The van der Waals surface area contributed by atoms with Gasteiger partial charge < -0.3 is 10.1 Å². The Labute approximate surface area is 119 Å². The third-order valence-electron chi connectivity index (χ3n) is 2.92. The van der Waals surface area contributed by atoms with Crippen LogP contribution >= 0.6 is 11.3 Å². The first-order valence-electron chi connectivity index (χ1n) is 6.61. The minimum atomic E-state index is 0.367. The Morgan fingerprint density at radius 2 is 2.21 bits per heavy atom. The summed E-state index contributed by atoms with van der Waals surface area (Å²) < 4.78 is 6.83. The van der Waals surface area contributed by atoms with Crippen LogP contribution in [0.5, 0.6) is 0 Å². The van der Waals surface area contributed by atoms with Crippen LogP contribution in [0.25, 0.3) is 10.1 Å². The van der Waals surface area contributed by atoms with Gasteiger partial charge in [-0.25, -0.2) is 0 Å². The van der Waals surface area contributed by atoms with Crippen molar-refractivity contribution in [2.75, 3.05) is 19.8 Å². The van der Waals surface area contributed by atoms with Gasteiger partial charge in [-0.2, -0.15) is 0 Å². The molecular formula is C16H21NOS. The van der Waals surface area contributed by atoms with E-state index in [1.54, 1.807) is 0 Å². The summed E-state index contributed by atoms with van der Waals surface area (Å²) in [5.41, 5.74) is 1.07. The fraction of sp³-hybridized carbons (Fsp3) is 0.375. The largest absolute Gasteiger partial charge is 0.376 e. The molecule has 1 aromatic carbocycles. The number of fused-ring (bicyclic) bond motifs is 1. The molecule has 0 amide bonds. The second-order valence-corrected chi connectivity index (χ2v) is 5.99. The molecule has 0 aliphatic rings. The molecule has 102 valence electrons. The minimum Gasteiger partial charge on any atom is -0.376 e. The molecule has 0 aliphatic carbocycles. The number of hydrogen-bond acceptors (Lipinski definition) is 3. The molecule has 2 aromatic rings. The Kier molecular flexibility index (Phi) is 5.14. The Hall–Kier alpha value is -1.16. The topological polar surface area (TPSA) is 21.3 Å². The summed E-state index contributed by atoms with van der Waals surface area (Å²) in [5.74, 6) is 0. The van der Waals surface area contributed by atoms with Crippen LogP contribution in [0.2, 0.25) is 0 Å². The molecule has 0 aliphatic heterocycles. The van der Waals surface area contributed by atoms with E-state index in [0.717, 1.165) is 18.7 Å². The molecule has 2 nitrogen and oxygen atoms in total. The van der Waals surface area contributed by atoms with Gasteiger partial charge in [-0.05, 0) is 31.4 Å². The third kappa shape index (κ3) is 4.16. The van der Waals surface area contributed by atoms with Crippen LogP contribution < -0.4 is 5.32 Å². The summed E-state index contributed by atoms with van der Waals surface area (Å²) in [5, 5.41) is 4.82. The van der Waals surface area contributed by atoms with E-state index in [2.05, 4.69) is 49.2 Å². The molecule has 3 heteroatoms. The van der Waals surface area contributed by atoms with E-state index in [0.29, 0.717) is 12.6 Å². The molecule has 0 saturated heterocycles. The van der Waals surface area contributed by atoms with E-state index in [9.17, 15) is 0 Å². The Bertz CT molecular complexity index is 513. The van der Waals surface area contributed by atoms with Gasteiger partial charge in [-0.3, -0.25) is 0 Å². The first-order chi connectivity index (χ1) is 9.16. The van der Waals surface area contributed by atoms with Gasteiger partial charge in [0, 0.05) is 22.2 Å². The second-order valence-electron chi connectivity index (χ2n) is 4.87. The van der Waals surface area contributed by atoms with Gasteiger partial charge in [-0.1, -0.05) is 30.4 Å². The van der Waals surface area contributed by atoms with Crippen molar-refractivity contribution in [3.63, 3.8) is 0 Å². The van der Waals surface area contributed by atoms with Crippen molar-refractivity contribution in [3.8, 4) is 0 Å². The van der Waals surface area contributed by atoms with Crippen LogP contribution in [0.4, 0.5) is 0 Å². The average molecular weight is 275 g/mol. The zero-order valence-electron chi connectivity index (χ0n) is 11.6. The molecule has 0 bridgehead atoms. The van der Waals surface area contributed by atoms with Gasteiger partial charge in [0.15, 0.2) is 0 Å². The number of nitrogens with one attached hydrogen (secondary N) is 1. The third-order valence-corrected chi connectivity index (χ3v) is 4.22. The molecule has 0 fully saturated rings. The normalized spacial score (nSPS) is 12.7. The lowest BCUT2D eigenvalue weighted by atomic mass is 10.2. The first-order valence-corrected chi connectivity index (χ1v) is 7.42. The van der Waals surface area contributed by atoms with Crippen LogP contribution in [-0.4, -0.2) is 19.8 Å². The number of thiophene rings is 1. The molecule has 2 rings (SSSR count).